The summed E-state index contributed by atoms with van der Waals surface area (Å²) in [6.07, 6.45) is 6.95. The van der Waals surface area contributed by atoms with Crippen LogP contribution in [0, 0.1) is 12.3 Å². The minimum Gasteiger partial charge on any atom is -0.508 e. The Balaban J connectivity index is 2.58. The van der Waals surface area contributed by atoms with Gasteiger partial charge in [0.2, 0.25) is 0 Å². The van der Waals surface area contributed by atoms with Crippen LogP contribution in [-0.4, -0.2) is 11.7 Å². The fraction of sp³-hybridized carbons (Fsp3) is 0.385. The Morgan fingerprint density at radius 2 is 2.07 bits per heavy atom. The third-order valence-electron chi connectivity index (χ3n) is 2.36. The van der Waals surface area contributed by atoms with Crippen LogP contribution in [0.15, 0.2) is 24.3 Å². The molecule has 1 unspecified atom stereocenters. The molecule has 0 fully saturated rings. The summed E-state index contributed by atoms with van der Waals surface area (Å²) in [6.45, 7) is 2.95. The standard InChI is InChI=1S/C13H17NO/c1-3-5-10-14-13(4-2)11-6-8-12(15)9-7-11/h1,6-9,13-15H,4-5,10H2,2H3. The van der Waals surface area contributed by atoms with Gasteiger partial charge >= 0.3 is 0 Å². The zero-order valence-corrected chi connectivity index (χ0v) is 9.03. The number of nitrogens with one attached hydrogen (secondary N) is 1. The molecule has 0 bridgehead atoms. The number of aromatic hydroxyl groups is 1. The van der Waals surface area contributed by atoms with Crippen molar-refractivity contribution in [2.75, 3.05) is 6.54 Å². The van der Waals surface area contributed by atoms with Gasteiger partial charge in [0.1, 0.15) is 5.75 Å². The predicted octanol–water partition coefficient (Wildman–Crippen LogP) is 2.46. The molecular weight excluding hydrogens is 186 g/mol. The molecule has 0 heterocycles. The summed E-state index contributed by atoms with van der Waals surface area (Å²) in [5.41, 5.74) is 1.19. The van der Waals surface area contributed by atoms with Crippen LogP contribution in [0.25, 0.3) is 0 Å². The van der Waals surface area contributed by atoms with Gasteiger partial charge in [0.05, 0.1) is 0 Å². The molecule has 0 amide bonds. The smallest absolute Gasteiger partial charge is 0.115 e. The normalized spacial score (nSPS) is 12.0. The Morgan fingerprint density at radius 1 is 1.40 bits per heavy atom. The molecule has 0 spiro atoms. The first-order valence-corrected chi connectivity index (χ1v) is 5.23. The van der Waals surface area contributed by atoms with Gasteiger partial charge in [-0.15, -0.1) is 12.3 Å². The van der Waals surface area contributed by atoms with Crippen LogP contribution in [0.4, 0.5) is 0 Å². The minimum atomic E-state index is 0.303. The first-order valence-electron chi connectivity index (χ1n) is 5.23. The molecule has 2 nitrogen and oxygen atoms in total. The van der Waals surface area contributed by atoms with Gasteiger partial charge < -0.3 is 10.4 Å². The van der Waals surface area contributed by atoms with E-state index in [0.29, 0.717) is 11.8 Å². The molecule has 1 aromatic carbocycles. The molecule has 0 aliphatic carbocycles. The van der Waals surface area contributed by atoms with Crippen LogP contribution in [0.1, 0.15) is 31.4 Å². The van der Waals surface area contributed by atoms with E-state index in [1.165, 1.54) is 5.56 Å². The van der Waals surface area contributed by atoms with Crippen molar-refractivity contribution in [2.45, 2.75) is 25.8 Å². The van der Waals surface area contributed by atoms with Crippen molar-refractivity contribution >= 4 is 0 Å². The maximum Gasteiger partial charge on any atom is 0.115 e. The monoisotopic (exact) mass is 203 g/mol. The molecule has 0 radical (unpaired) electrons. The van der Waals surface area contributed by atoms with E-state index in [-0.39, 0.29) is 0 Å². The van der Waals surface area contributed by atoms with Crippen molar-refractivity contribution in [3.05, 3.63) is 29.8 Å². The molecule has 0 saturated carbocycles. The first kappa shape index (κ1) is 11.6. The van der Waals surface area contributed by atoms with Crippen LogP contribution in [0.3, 0.4) is 0 Å². The molecule has 0 aliphatic heterocycles. The highest BCUT2D eigenvalue weighted by atomic mass is 16.3. The van der Waals surface area contributed by atoms with Crippen LogP contribution in [0.5, 0.6) is 5.75 Å². The molecular formula is C13H17NO. The lowest BCUT2D eigenvalue weighted by Gasteiger charge is -2.16. The average Bonchev–Trinajstić information content (AvgIpc) is 2.26. The summed E-state index contributed by atoms with van der Waals surface area (Å²) in [4.78, 5) is 0. The Kier molecular flexibility index (Phi) is 4.73. The molecule has 0 saturated heterocycles. The van der Waals surface area contributed by atoms with E-state index in [0.717, 1.165) is 19.4 Å². The van der Waals surface area contributed by atoms with Crippen LogP contribution in [0.2, 0.25) is 0 Å². The lowest BCUT2D eigenvalue weighted by atomic mass is 10.0. The number of hydrogen-bond donors (Lipinski definition) is 2. The van der Waals surface area contributed by atoms with Gasteiger partial charge in [-0.2, -0.15) is 0 Å². The van der Waals surface area contributed by atoms with E-state index in [2.05, 4.69) is 18.2 Å². The molecule has 80 valence electrons. The van der Waals surface area contributed by atoms with Gasteiger partial charge in [-0.25, -0.2) is 0 Å². The van der Waals surface area contributed by atoms with Crippen LogP contribution >= 0.6 is 0 Å². The van der Waals surface area contributed by atoms with E-state index in [1.807, 2.05) is 12.1 Å². The number of phenolic OH excluding ortho intramolecular Hbond substituents is 1. The summed E-state index contributed by atoms with van der Waals surface area (Å²) in [7, 11) is 0. The van der Waals surface area contributed by atoms with Crippen molar-refractivity contribution in [2.24, 2.45) is 0 Å². The molecule has 15 heavy (non-hydrogen) atoms. The van der Waals surface area contributed by atoms with E-state index < -0.39 is 0 Å². The van der Waals surface area contributed by atoms with Gasteiger partial charge in [0.15, 0.2) is 0 Å². The second-order valence-electron chi connectivity index (χ2n) is 3.46. The average molecular weight is 203 g/mol. The second-order valence-corrected chi connectivity index (χ2v) is 3.46. The highest BCUT2D eigenvalue weighted by Gasteiger charge is 2.07. The number of benzene rings is 1. The Hall–Kier alpha value is -1.46. The fourth-order valence-electron chi connectivity index (χ4n) is 1.52. The van der Waals surface area contributed by atoms with E-state index in [4.69, 9.17) is 6.42 Å². The number of terminal acetylenes is 1. The predicted molar refractivity (Wildman–Crippen MR) is 62.6 cm³/mol. The third kappa shape index (κ3) is 3.65. The quantitative estimate of drug-likeness (QED) is 0.569. The lowest BCUT2D eigenvalue weighted by molar-refractivity contribution is 0.473. The van der Waals surface area contributed by atoms with Crippen molar-refractivity contribution in [3.8, 4) is 18.1 Å². The summed E-state index contributed by atoms with van der Waals surface area (Å²) < 4.78 is 0. The van der Waals surface area contributed by atoms with Crippen molar-refractivity contribution in [1.29, 1.82) is 0 Å². The van der Waals surface area contributed by atoms with Gasteiger partial charge in [-0.3, -0.25) is 0 Å². The second kappa shape index (κ2) is 6.10. The largest absolute Gasteiger partial charge is 0.508 e. The van der Waals surface area contributed by atoms with E-state index >= 15 is 0 Å². The summed E-state index contributed by atoms with van der Waals surface area (Å²) in [5, 5.41) is 12.6. The topological polar surface area (TPSA) is 32.3 Å². The van der Waals surface area contributed by atoms with E-state index in [9.17, 15) is 5.11 Å². The van der Waals surface area contributed by atoms with Crippen LogP contribution in [-0.2, 0) is 0 Å². The Labute approximate surface area is 91.3 Å². The lowest BCUT2D eigenvalue weighted by Crippen LogP contribution is -2.21. The SMILES string of the molecule is C#CCCNC(CC)c1ccc(O)cc1. The van der Waals surface area contributed by atoms with E-state index in [1.54, 1.807) is 12.1 Å². The first-order chi connectivity index (χ1) is 7.27. The minimum absolute atomic E-state index is 0.303. The molecule has 1 rings (SSSR count). The van der Waals surface area contributed by atoms with Gasteiger partial charge in [-0.1, -0.05) is 19.1 Å². The van der Waals surface area contributed by atoms with Gasteiger partial charge in [0, 0.05) is 19.0 Å². The number of rotatable bonds is 5. The highest BCUT2D eigenvalue weighted by molar-refractivity contribution is 5.27. The van der Waals surface area contributed by atoms with Crippen LogP contribution < -0.4 is 5.32 Å². The molecule has 2 heteroatoms. The zero-order valence-electron chi connectivity index (χ0n) is 9.03. The highest BCUT2D eigenvalue weighted by Crippen LogP contribution is 2.19. The molecule has 2 N–H and O–H groups in total. The molecule has 0 aromatic heterocycles. The molecule has 1 atom stereocenters. The molecule has 0 aliphatic rings. The van der Waals surface area contributed by atoms with Gasteiger partial charge in [-0.05, 0) is 24.1 Å². The zero-order chi connectivity index (χ0) is 11.1. The maximum absolute atomic E-state index is 9.18. The van der Waals surface area contributed by atoms with Crippen molar-refractivity contribution in [1.82, 2.24) is 5.32 Å². The summed E-state index contributed by atoms with van der Waals surface area (Å²) >= 11 is 0. The Morgan fingerprint density at radius 3 is 2.60 bits per heavy atom. The fourth-order valence-corrected chi connectivity index (χ4v) is 1.52. The maximum atomic E-state index is 9.18. The van der Waals surface area contributed by atoms with Crippen molar-refractivity contribution < 1.29 is 5.11 Å². The third-order valence-corrected chi connectivity index (χ3v) is 2.36. The van der Waals surface area contributed by atoms with Crippen molar-refractivity contribution in [3.63, 3.8) is 0 Å². The Bertz CT molecular complexity index is 323. The number of hydrogen-bond acceptors (Lipinski definition) is 2. The summed E-state index contributed by atoms with van der Waals surface area (Å²) in [5.74, 6) is 2.91. The molecule has 1 aromatic rings. The van der Waals surface area contributed by atoms with Gasteiger partial charge in [0.25, 0.3) is 0 Å². The summed E-state index contributed by atoms with van der Waals surface area (Å²) in [6, 6.07) is 7.61. The number of phenols is 1.